The predicted octanol–water partition coefficient (Wildman–Crippen LogP) is 3.62. The molecule has 0 spiro atoms. The summed E-state index contributed by atoms with van der Waals surface area (Å²) in [6, 6.07) is 1.69. The lowest BCUT2D eigenvalue weighted by molar-refractivity contribution is 0.401. The van der Waals surface area contributed by atoms with E-state index in [0.717, 1.165) is 32.0 Å². The van der Waals surface area contributed by atoms with Gasteiger partial charge in [-0.05, 0) is 53.9 Å². The molecular weight excluding hydrogens is 380 g/mol. The number of phenolic OH excluding ortho intramolecular Hbond substituents is 1. The van der Waals surface area contributed by atoms with E-state index in [1.54, 1.807) is 6.07 Å². The van der Waals surface area contributed by atoms with E-state index >= 15 is 0 Å². The van der Waals surface area contributed by atoms with Crippen molar-refractivity contribution in [3.8, 4) is 5.75 Å². The standard InChI is InChI=1S/C9H7Br3O2/c10-6-2-7(13)5(1-4-3-14-4)8(11)9(6)12/h2,4,13H,1,3H2. The summed E-state index contributed by atoms with van der Waals surface area (Å²) >= 11 is 10.2. The van der Waals surface area contributed by atoms with E-state index in [2.05, 4.69) is 47.8 Å². The Morgan fingerprint density at radius 2 is 2.00 bits per heavy atom. The average molecular weight is 387 g/mol. The average Bonchev–Trinajstić information content (AvgIpc) is 2.92. The molecule has 2 nitrogen and oxygen atoms in total. The Hall–Kier alpha value is 0.420. The Morgan fingerprint density at radius 3 is 2.57 bits per heavy atom. The summed E-state index contributed by atoms with van der Waals surface area (Å²) in [5.74, 6) is 0.294. The fourth-order valence-corrected chi connectivity index (χ4v) is 2.84. The van der Waals surface area contributed by atoms with Gasteiger partial charge in [0.15, 0.2) is 0 Å². The molecule has 0 amide bonds. The smallest absolute Gasteiger partial charge is 0.121 e. The summed E-state index contributed by atoms with van der Waals surface area (Å²) in [5, 5.41) is 9.74. The molecule has 1 heterocycles. The minimum Gasteiger partial charge on any atom is -0.508 e. The van der Waals surface area contributed by atoms with Crippen LogP contribution in [-0.2, 0) is 11.2 Å². The van der Waals surface area contributed by atoms with Crippen molar-refractivity contribution in [2.24, 2.45) is 0 Å². The molecule has 1 aromatic rings. The zero-order valence-corrected chi connectivity index (χ0v) is 11.8. The SMILES string of the molecule is Oc1cc(Br)c(Br)c(Br)c1CC1CO1. The highest BCUT2D eigenvalue weighted by Gasteiger charge is 2.26. The van der Waals surface area contributed by atoms with Crippen molar-refractivity contribution in [1.29, 1.82) is 0 Å². The van der Waals surface area contributed by atoms with Gasteiger partial charge in [0.1, 0.15) is 5.75 Å². The van der Waals surface area contributed by atoms with Crippen LogP contribution < -0.4 is 0 Å². The summed E-state index contributed by atoms with van der Waals surface area (Å²) < 4.78 is 7.78. The molecule has 0 aliphatic carbocycles. The molecule has 1 unspecified atom stereocenters. The molecule has 1 aliphatic rings. The quantitative estimate of drug-likeness (QED) is 0.622. The molecule has 2 rings (SSSR count). The lowest BCUT2D eigenvalue weighted by atomic mass is 10.1. The third kappa shape index (κ3) is 2.15. The summed E-state index contributed by atoms with van der Waals surface area (Å²) in [6.45, 7) is 0.791. The Labute approximate surface area is 107 Å². The van der Waals surface area contributed by atoms with Crippen molar-refractivity contribution >= 4 is 47.8 Å². The van der Waals surface area contributed by atoms with Gasteiger partial charge in [0, 0.05) is 25.4 Å². The second-order valence-corrected chi connectivity index (χ2v) is 5.58. The molecule has 5 heteroatoms. The Balaban J connectivity index is 2.40. The van der Waals surface area contributed by atoms with E-state index in [1.165, 1.54) is 0 Å². The van der Waals surface area contributed by atoms with Gasteiger partial charge in [-0.3, -0.25) is 0 Å². The van der Waals surface area contributed by atoms with Gasteiger partial charge in [-0.1, -0.05) is 0 Å². The molecule has 0 aromatic heterocycles. The van der Waals surface area contributed by atoms with E-state index in [1.807, 2.05) is 0 Å². The first-order chi connectivity index (χ1) is 6.59. The maximum atomic E-state index is 9.74. The number of ether oxygens (including phenoxy) is 1. The first-order valence-corrected chi connectivity index (χ1v) is 6.44. The van der Waals surface area contributed by atoms with Gasteiger partial charge in [-0.15, -0.1) is 0 Å². The molecule has 0 bridgehead atoms. The molecule has 1 N–H and O–H groups in total. The number of hydrogen-bond acceptors (Lipinski definition) is 2. The van der Waals surface area contributed by atoms with Crippen LogP contribution in [0.2, 0.25) is 0 Å². The van der Waals surface area contributed by atoms with Crippen LogP contribution in [0.25, 0.3) is 0 Å². The van der Waals surface area contributed by atoms with E-state index in [-0.39, 0.29) is 6.10 Å². The van der Waals surface area contributed by atoms with Crippen molar-refractivity contribution in [2.45, 2.75) is 12.5 Å². The van der Waals surface area contributed by atoms with Crippen LogP contribution in [0.3, 0.4) is 0 Å². The molecule has 1 fully saturated rings. The second-order valence-electron chi connectivity index (χ2n) is 3.14. The van der Waals surface area contributed by atoms with Gasteiger partial charge in [-0.25, -0.2) is 0 Å². The van der Waals surface area contributed by atoms with Crippen molar-refractivity contribution in [3.63, 3.8) is 0 Å². The van der Waals surface area contributed by atoms with Gasteiger partial charge < -0.3 is 9.84 Å². The van der Waals surface area contributed by atoms with Crippen LogP contribution in [0.1, 0.15) is 5.56 Å². The maximum Gasteiger partial charge on any atom is 0.121 e. The van der Waals surface area contributed by atoms with E-state index in [0.29, 0.717) is 5.75 Å². The third-order valence-corrected chi connectivity index (χ3v) is 5.46. The molecular formula is C9H7Br3O2. The summed E-state index contributed by atoms with van der Waals surface area (Å²) in [4.78, 5) is 0. The minimum absolute atomic E-state index is 0.269. The number of phenols is 1. The zero-order valence-electron chi connectivity index (χ0n) is 7.06. The first-order valence-electron chi connectivity index (χ1n) is 4.06. The Bertz CT molecular complexity index is 375. The Kier molecular flexibility index (Phi) is 3.21. The molecule has 14 heavy (non-hydrogen) atoms. The molecule has 0 radical (unpaired) electrons. The molecule has 1 atom stereocenters. The van der Waals surface area contributed by atoms with Crippen LogP contribution in [0.4, 0.5) is 0 Å². The number of benzene rings is 1. The molecule has 76 valence electrons. The van der Waals surface area contributed by atoms with Gasteiger partial charge in [0.2, 0.25) is 0 Å². The summed E-state index contributed by atoms with van der Waals surface area (Å²) in [5.41, 5.74) is 0.891. The van der Waals surface area contributed by atoms with Crippen molar-refractivity contribution in [1.82, 2.24) is 0 Å². The number of rotatable bonds is 2. The second kappa shape index (κ2) is 4.12. The van der Waals surface area contributed by atoms with Crippen LogP contribution in [0.15, 0.2) is 19.5 Å². The fraction of sp³-hybridized carbons (Fsp3) is 0.333. The molecule has 1 aliphatic heterocycles. The highest BCUT2D eigenvalue weighted by Crippen LogP contribution is 2.40. The van der Waals surface area contributed by atoms with Crippen molar-refractivity contribution in [3.05, 3.63) is 25.0 Å². The summed E-state index contributed by atoms with van der Waals surface area (Å²) in [7, 11) is 0. The molecule has 1 aromatic carbocycles. The third-order valence-electron chi connectivity index (χ3n) is 2.07. The van der Waals surface area contributed by atoms with E-state index in [4.69, 9.17) is 4.74 Å². The lowest BCUT2D eigenvalue weighted by Crippen LogP contribution is -1.96. The number of halogens is 3. The minimum atomic E-state index is 0.269. The fourth-order valence-electron chi connectivity index (χ4n) is 1.23. The van der Waals surface area contributed by atoms with E-state index < -0.39 is 0 Å². The van der Waals surface area contributed by atoms with Crippen LogP contribution in [0.5, 0.6) is 5.75 Å². The number of epoxide rings is 1. The largest absolute Gasteiger partial charge is 0.508 e. The highest BCUT2D eigenvalue weighted by molar-refractivity contribution is 9.14. The van der Waals surface area contributed by atoms with Gasteiger partial charge in [0.05, 0.1) is 12.7 Å². The topological polar surface area (TPSA) is 32.8 Å². The number of hydrogen-bond donors (Lipinski definition) is 1. The van der Waals surface area contributed by atoms with Gasteiger partial charge in [-0.2, -0.15) is 0 Å². The van der Waals surface area contributed by atoms with Gasteiger partial charge >= 0.3 is 0 Å². The van der Waals surface area contributed by atoms with Crippen molar-refractivity contribution in [2.75, 3.05) is 6.61 Å². The monoisotopic (exact) mass is 384 g/mol. The zero-order chi connectivity index (χ0) is 10.3. The maximum absolute atomic E-state index is 9.74. The van der Waals surface area contributed by atoms with Gasteiger partial charge in [0.25, 0.3) is 0 Å². The van der Waals surface area contributed by atoms with Crippen LogP contribution in [-0.4, -0.2) is 17.8 Å². The molecule has 0 saturated carbocycles. The van der Waals surface area contributed by atoms with Crippen LogP contribution in [0, 0.1) is 0 Å². The first kappa shape index (κ1) is 10.9. The Morgan fingerprint density at radius 1 is 1.36 bits per heavy atom. The number of aromatic hydroxyl groups is 1. The summed E-state index contributed by atoms with van der Waals surface area (Å²) in [6.07, 6.45) is 1.02. The van der Waals surface area contributed by atoms with Crippen LogP contribution >= 0.6 is 47.8 Å². The predicted molar refractivity (Wildman–Crippen MR) is 64.7 cm³/mol. The van der Waals surface area contributed by atoms with E-state index in [9.17, 15) is 5.11 Å². The lowest BCUT2D eigenvalue weighted by Gasteiger charge is -2.09. The highest BCUT2D eigenvalue weighted by atomic mass is 79.9. The normalized spacial score (nSPS) is 19.8. The molecule has 1 saturated heterocycles. The van der Waals surface area contributed by atoms with Crippen molar-refractivity contribution < 1.29 is 9.84 Å².